The van der Waals surface area contributed by atoms with Crippen LogP contribution in [0.25, 0.3) is 6.08 Å². The van der Waals surface area contributed by atoms with Crippen LogP contribution in [0.15, 0.2) is 24.3 Å². The predicted octanol–water partition coefficient (Wildman–Crippen LogP) is 2.47. The van der Waals surface area contributed by atoms with Gasteiger partial charge in [-0.3, -0.25) is 4.79 Å². The summed E-state index contributed by atoms with van der Waals surface area (Å²) in [6.07, 6.45) is 3.09. The number of benzene rings is 1. The van der Waals surface area contributed by atoms with Crippen molar-refractivity contribution in [3.05, 3.63) is 39.9 Å². The van der Waals surface area contributed by atoms with Crippen molar-refractivity contribution in [1.82, 2.24) is 4.90 Å². The van der Waals surface area contributed by atoms with E-state index in [9.17, 15) is 4.79 Å². The van der Waals surface area contributed by atoms with E-state index in [1.807, 2.05) is 0 Å². The van der Waals surface area contributed by atoms with Crippen LogP contribution < -0.4 is 0 Å². The third-order valence-electron chi connectivity index (χ3n) is 2.61. The van der Waals surface area contributed by atoms with Crippen molar-refractivity contribution in [1.29, 1.82) is 0 Å². The molecule has 0 aliphatic carbocycles. The lowest BCUT2D eigenvalue weighted by molar-refractivity contribution is -0.127. The van der Waals surface area contributed by atoms with Gasteiger partial charge in [-0.25, -0.2) is 0 Å². The van der Waals surface area contributed by atoms with Crippen LogP contribution in [0, 0.1) is 0 Å². The average Bonchev–Trinajstić information content (AvgIpc) is 2.44. The van der Waals surface area contributed by atoms with Crippen LogP contribution in [-0.4, -0.2) is 49.3 Å². The van der Waals surface area contributed by atoms with Gasteiger partial charge in [-0.05, 0) is 23.8 Å². The number of nitrogens with zero attached hydrogens (tertiary/aromatic N) is 1. The van der Waals surface area contributed by atoms with Gasteiger partial charge < -0.3 is 14.7 Å². The van der Waals surface area contributed by atoms with E-state index in [1.54, 1.807) is 31.4 Å². The molecule has 0 heterocycles. The maximum absolute atomic E-state index is 12.0. The molecular formula is C14H17Cl2NO3. The molecule has 1 aromatic rings. The molecule has 1 amide bonds. The lowest BCUT2D eigenvalue weighted by Crippen LogP contribution is -2.34. The average molecular weight is 318 g/mol. The zero-order valence-corrected chi connectivity index (χ0v) is 12.7. The maximum atomic E-state index is 12.0. The molecule has 0 radical (unpaired) electrons. The SMILES string of the molecule is COCCN(CCO)C(=O)/C=C/c1ccc(Cl)c(Cl)c1. The first-order chi connectivity index (χ1) is 9.58. The van der Waals surface area contributed by atoms with Crippen molar-refractivity contribution in [2.75, 3.05) is 33.4 Å². The number of methoxy groups -OCH3 is 1. The van der Waals surface area contributed by atoms with Gasteiger partial charge in [0.1, 0.15) is 0 Å². The van der Waals surface area contributed by atoms with Crippen LogP contribution in [-0.2, 0) is 9.53 Å². The molecule has 1 rings (SSSR count). The molecule has 6 heteroatoms. The summed E-state index contributed by atoms with van der Waals surface area (Å²) >= 11 is 11.7. The number of hydrogen-bond acceptors (Lipinski definition) is 3. The third kappa shape index (κ3) is 5.51. The molecular weight excluding hydrogens is 301 g/mol. The first-order valence-corrected chi connectivity index (χ1v) is 6.86. The number of aliphatic hydroxyl groups excluding tert-OH is 1. The molecule has 0 atom stereocenters. The van der Waals surface area contributed by atoms with E-state index in [1.165, 1.54) is 11.0 Å². The van der Waals surface area contributed by atoms with Crippen molar-refractivity contribution in [2.45, 2.75) is 0 Å². The molecule has 0 saturated carbocycles. The second kappa shape index (κ2) is 8.97. The van der Waals surface area contributed by atoms with Gasteiger partial charge in [0.25, 0.3) is 0 Å². The molecule has 0 aliphatic rings. The Bertz CT molecular complexity index is 477. The van der Waals surface area contributed by atoms with Crippen molar-refractivity contribution in [2.24, 2.45) is 0 Å². The normalized spacial score (nSPS) is 11.0. The van der Waals surface area contributed by atoms with Crippen LogP contribution in [0.4, 0.5) is 0 Å². The van der Waals surface area contributed by atoms with Gasteiger partial charge in [-0.15, -0.1) is 0 Å². The van der Waals surface area contributed by atoms with Gasteiger partial charge in [0.2, 0.25) is 5.91 Å². The third-order valence-corrected chi connectivity index (χ3v) is 3.35. The quantitative estimate of drug-likeness (QED) is 0.786. The fourth-order valence-electron chi connectivity index (χ4n) is 1.54. The molecule has 0 aliphatic heterocycles. The number of hydrogen-bond donors (Lipinski definition) is 1. The van der Waals surface area contributed by atoms with E-state index in [0.29, 0.717) is 23.2 Å². The molecule has 0 fully saturated rings. The molecule has 110 valence electrons. The van der Waals surface area contributed by atoms with Crippen molar-refractivity contribution in [3.8, 4) is 0 Å². The second-order valence-electron chi connectivity index (χ2n) is 4.05. The summed E-state index contributed by atoms with van der Waals surface area (Å²) in [5.41, 5.74) is 0.781. The molecule has 4 nitrogen and oxygen atoms in total. The van der Waals surface area contributed by atoms with Crippen molar-refractivity contribution >= 4 is 35.2 Å². The van der Waals surface area contributed by atoms with Crippen LogP contribution in [0.1, 0.15) is 5.56 Å². The first kappa shape index (κ1) is 17.0. The number of ether oxygens (including phenoxy) is 1. The molecule has 0 spiro atoms. The number of aliphatic hydroxyl groups is 1. The number of carbonyl (C=O) groups excluding carboxylic acids is 1. The van der Waals surface area contributed by atoms with E-state index in [-0.39, 0.29) is 19.1 Å². The topological polar surface area (TPSA) is 49.8 Å². The van der Waals surface area contributed by atoms with Gasteiger partial charge in [0.15, 0.2) is 0 Å². The highest BCUT2D eigenvalue weighted by Gasteiger charge is 2.09. The largest absolute Gasteiger partial charge is 0.395 e. The minimum atomic E-state index is -0.192. The summed E-state index contributed by atoms with van der Waals surface area (Å²) in [4.78, 5) is 13.5. The zero-order valence-electron chi connectivity index (χ0n) is 11.2. The Morgan fingerprint density at radius 1 is 1.35 bits per heavy atom. The van der Waals surface area contributed by atoms with E-state index in [4.69, 9.17) is 33.0 Å². The predicted molar refractivity (Wildman–Crippen MR) is 81.0 cm³/mol. The van der Waals surface area contributed by atoms with E-state index in [0.717, 1.165) is 5.56 Å². The summed E-state index contributed by atoms with van der Waals surface area (Å²) in [6, 6.07) is 5.12. The maximum Gasteiger partial charge on any atom is 0.246 e. The van der Waals surface area contributed by atoms with Crippen LogP contribution in [0.3, 0.4) is 0 Å². The minimum Gasteiger partial charge on any atom is -0.395 e. The summed E-state index contributed by atoms with van der Waals surface area (Å²) < 4.78 is 4.93. The van der Waals surface area contributed by atoms with Crippen LogP contribution in [0.2, 0.25) is 10.0 Å². The summed E-state index contributed by atoms with van der Waals surface area (Å²) in [5.74, 6) is -0.192. The number of rotatable bonds is 7. The fourth-order valence-corrected chi connectivity index (χ4v) is 1.85. The highest BCUT2D eigenvalue weighted by atomic mass is 35.5. The fraction of sp³-hybridized carbons (Fsp3) is 0.357. The molecule has 1 aromatic carbocycles. The highest BCUT2D eigenvalue weighted by molar-refractivity contribution is 6.42. The number of carbonyl (C=O) groups is 1. The molecule has 0 bridgehead atoms. The highest BCUT2D eigenvalue weighted by Crippen LogP contribution is 2.23. The number of amides is 1. The van der Waals surface area contributed by atoms with Crippen molar-refractivity contribution in [3.63, 3.8) is 0 Å². The second-order valence-corrected chi connectivity index (χ2v) is 4.86. The van der Waals surface area contributed by atoms with Gasteiger partial charge in [-0.2, -0.15) is 0 Å². The zero-order chi connectivity index (χ0) is 15.0. The Morgan fingerprint density at radius 2 is 2.10 bits per heavy atom. The Hall–Kier alpha value is -1.07. The molecule has 0 saturated heterocycles. The van der Waals surface area contributed by atoms with E-state index >= 15 is 0 Å². The summed E-state index contributed by atoms with van der Waals surface area (Å²) in [6.45, 7) is 1.04. The minimum absolute atomic E-state index is 0.0872. The molecule has 20 heavy (non-hydrogen) atoms. The van der Waals surface area contributed by atoms with E-state index < -0.39 is 0 Å². The lowest BCUT2D eigenvalue weighted by atomic mass is 10.2. The van der Waals surface area contributed by atoms with Crippen LogP contribution in [0.5, 0.6) is 0 Å². The smallest absolute Gasteiger partial charge is 0.246 e. The van der Waals surface area contributed by atoms with Gasteiger partial charge in [0, 0.05) is 26.3 Å². The number of halogens is 2. The van der Waals surface area contributed by atoms with E-state index in [2.05, 4.69) is 0 Å². The molecule has 1 N–H and O–H groups in total. The van der Waals surface area contributed by atoms with Gasteiger partial charge in [-0.1, -0.05) is 29.3 Å². The van der Waals surface area contributed by atoms with Gasteiger partial charge in [0.05, 0.1) is 23.3 Å². The monoisotopic (exact) mass is 317 g/mol. The Balaban J connectivity index is 2.70. The van der Waals surface area contributed by atoms with Crippen LogP contribution >= 0.6 is 23.2 Å². The lowest BCUT2D eigenvalue weighted by Gasteiger charge is -2.19. The standard InChI is InChI=1S/C14H17Cl2NO3/c1-20-9-7-17(6-8-18)14(19)5-3-11-2-4-12(15)13(16)10-11/h2-5,10,18H,6-9H2,1H3/b5-3+. The van der Waals surface area contributed by atoms with Crippen molar-refractivity contribution < 1.29 is 14.6 Å². The summed E-state index contributed by atoms with van der Waals surface area (Å²) in [7, 11) is 1.56. The first-order valence-electron chi connectivity index (χ1n) is 6.10. The Kier molecular flexibility index (Phi) is 7.62. The molecule has 0 aromatic heterocycles. The summed E-state index contributed by atoms with van der Waals surface area (Å²) in [5, 5.41) is 9.85. The van der Waals surface area contributed by atoms with Gasteiger partial charge >= 0.3 is 0 Å². The molecule has 0 unspecified atom stereocenters. The Morgan fingerprint density at radius 3 is 2.70 bits per heavy atom. The Labute approximate surface area is 128 Å².